The van der Waals surface area contributed by atoms with Crippen molar-refractivity contribution < 1.29 is 0 Å². The van der Waals surface area contributed by atoms with Gasteiger partial charge in [0.25, 0.3) is 0 Å². The summed E-state index contributed by atoms with van der Waals surface area (Å²) in [6.07, 6.45) is 0. The van der Waals surface area contributed by atoms with Crippen LogP contribution >= 0.6 is 11.3 Å². The van der Waals surface area contributed by atoms with Crippen molar-refractivity contribution in [3.8, 4) is 33.4 Å². The molecule has 39 heavy (non-hydrogen) atoms. The van der Waals surface area contributed by atoms with Crippen LogP contribution in [0.25, 0.3) is 53.6 Å². The van der Waals surface area contributed by atoms with Crippen LogP contribution in [0.2, 0.25) is 0 Å². The van der Waals surface area contributed by atoms with Crippen molar-refractivity contribution in [3.05, 3.63) is 133 Å². The third-order valence-electron chi connectivity index (χ3n) is 8.48. The van der Waals surface area contributed by atoms with Gasteiger partial charge in [-0.25, -0.2) is 0 Å². The van der Waals surface area contributed by atoms with Crippen LogP contribution in [0.5, 0.6) is 0 Å². The Balaban J connectivity index is 1.35. The summed E-state index contributed by atoms with van der Waals surface area (Å²) in [7, 11) is 0. The molecule has 6 aromatic carbocycles. The first-order valence-corrected chi connectivity index (χ1v) is 14.3. The number of hydrogen-bond donors (Lipinski definition) is 0. The molecule has 0 saturated heterocycles. The molecule has 0 unspecified atom stereocenters. The zero-order valence-corrected chi connectivity index (χ0v) is 22.0. The fraction of sp³-hybridized carbons (Fsp3) is 0. The van der Waals surface area contributed by atoms with Crippen molar-refractivity contribution in [2.75, 3.05) is 4.81 Å². The normalized spacial score (nSPS) is 13.0. The SMILES string of the molecule is c1ccc2c(c1)B1c3cccc(-c4ccc5sc6ccccc6c5c4)c3-c3ccccc3N1c1ccccc1-2. The van der Waals surface area contributed by atoms with Crippen LogP contribution in [0.15, 0.2) is 133 Å². The average Bonchev–Trinajstić information content (AvgIpc) is 3.38. The minimum absolute atomic E-state index is 0.117. The summed E-state index contributed by atoms with van der Waals surface area (Å²) >= 11 is 1.88. The lowest BCUT2D eigenvalue weighted by Crippen LogP contribution is -2.59. The summed E-state index contributed by atoms with van der Waals surface area (Å²) < 4.78 is 2.69. The number of benzene rings is 6. The van der Waals surface area contributed by atoms with E-state index in [1.807, 2.05) is 11.3 Å². The van der Waals surface area contributed by atoms with Crippen LogP contribution in [0.3, 0.4) is 0 Å². The molecular weight excluding hydrogens is 489 g/mol. The molecule has 3 heterocycles. The second-order valence-corrected chi connectivity index (χ2v) is 11.6. The number of hydrogen-bond acceptors (Lipinski definition) is 2. The second-order valence-electron chi connectivity index (χ2n) is 10.5. The van der Waals surface area contributed by atoms with Crippen molar-refractivity contribution in [1.82, 2.24) is 0 Å². The molecular formula is C36H22BNS. The van der Waals surface area contributed by atoms with Gasteiger partial charge in [0.15, 0.2) is 0 Å². The minimum Gasteiger partial charge on any atom is -0.376 e. The molecule has 0 aliphatic carbocycles. The topological polar surface area (TPSA) is 3.24 Å². The van der Waals surface area contributed by atoms with E-state index < -0.39 is 0 Å². The van der Waals surface area contributed by atoms with Crippen molar-refractivity contribution in [2.45, 2.75) is 0 Å². The highest BCUT2D eigenvalue weighted by Crippen LogP contribution is 2.48. The fourth-order valence-electron chi connectivity index (χ4n) is 6.87. The van der Waals surface area contributed by atoms with E-state index >= 15 is 0 Å². The summed E-state index contributed by atoms with van der Waals surface area (Å²) in [6.45, 7) is 0.117. The first-order chi connectivity index (χ1) is 19.4. The highest BCUT2D eigenvalue weighted by atomic mass is 32.1. The predicted octanol–water partition coefficient (Wildman–Crippen LogP) is 8.63. The van der Waals surface area contributed by atoms with Crippen LogP contribution in [0, 0.1) is 0 Å². The molecule has 0 atom stereocenters. The maximum absolute atomic E-state index is 2.56. The Bertz CT molecular complexity index is 2110. The highest BCUT2D eigenvalue weighted by molar-refractivity contribution is 7.25. The van der Waals surface area contributed by atoms with E-state index in [1.165, 1.54) is 75.9 Å². The molecule has 0 amide bonds. The van der Waals surface area contributed by atoms with Gasteiger partial charge in [-0.1, -0.05) is 103 Å². The van der Waals surface area contributed by atoms with Gasteiger partial charge in [0.1, 0.15) is 0 Å². The van der Waals surface area contributed by atoms with Crippen molar-refractivity contribution in [3.63, 3.8) is 0 Å². The van der Waals surface area contributed by atoms with Crippen LogP contribution in [0.1, 0.15) is 0 Å². The molecule has 2 aliphatic heterocycles. The molecule has 180 valence electrons. The molecule has 0 N–H and O–H groups in total. The summed E-state index contributed by atoms with van der Waals surface area (Å²) in [6, 6.07) is 49.5. The molecule has 0 radical (unpaired) electrons. The molecule has 0 saturated carbocycles. The molecule has 0 spiro atoms. The summed E-state index contributed by atoms with van der Waals surface area (Å²) in [5, 5.41) is 2.68. The van der Waals surface area contributed by atoms with E-state index in [0.29, 0.717) is 0 Å². The van der Waals surface area contributed by atoms with Crippen LogP contribution in [-0.4, -0.2) is 6.85 Å². The molecule has 9 rings (SSSR count). The zero-order chi connectivity index (χ0) is 25.5. The smallest absolute Gasteiger partial charge is 0.329 e. The quantitative estimate of drug-likeness (QED) is 0.200. The number of fused-ring (bicyclic) bond motifs is 14. The van der Waals surface area contributed by atoms with Gasteiger partial charge in [0, 0.05) is 42.7 Å². The lowest BCUT2D eigenvalue weighted by atomic mass is 9.43. The third-order valence-corrected chi connectivity index (χ3v) is 9.63. The van der Waals surface area contributed by atoms with Crippen molar-refractivity contribution in [1.29, 1.82) is 0 Å². The zero-order valence-electron chi connectivity index (χ0n) is 21.1. The predicted molar refractivity (Wildman–Crippen MR) is 169 cm³/mol. The van der Waals surface area contributed by atoms with Gasteiger partial charge in [0.2, 0.25) is 0 Å². The first-order valence-electron chi connectivity index (χ1n) is 13.5. The Kier molecular flexibility index (Phi) is 4.35. The fourth-order valence-corrected chi connectivity index (χ4v) is 7.96. The molecule has 2 aliphatic rings. The number of nitrogens with zero attached hydrogens (tertiary/aromatic N) is 1. The van der Waals surface area contributed by atoms with Gasteiger partial charge < -0.3 is 4.81 Å². The Morgan fingerprint density at radius 2 is 1.10 bits per heavy atom. The Labute approximate surface area is 231 Å². The Morgan fingerprint density at radius 1 is 0.462 bits per heavy atom. The standard InChI is InChI=1S/C36H22BNS/c1-5-15-30-25(10-1)26-11-2-6-17-32(26)38-33-18-7-3-13-28(33)36-24(14-9-16-31(36)37(30)38)23-20-21-35-29(22-23)27-12-4-8-19-34(27)39-35/h1-22H. The van der Waals surface area contributed by atoms with Crippen LogP contribution < -0.4 is 15.7 Å². The number of thiophene rings is 1. The maximum Gasteiger partial charge on any atom is 0.329 e. The van der Waals surface area contributed by atoms with E-state index in [1.54, 1.807) is 0 Å². The molecule has 3 heteroatoms. The molecule has 7 aromatic rings. The maximum atomic E-state index is 2.56. The second kappa shape index (κ2) is 7.95. The van der Waals surface area contributed by atoms with Gasteiger partial charge in [-0.15, -0.1) is 11.3 Å². The van der Waals surface area contributed by atoms with E-state index in [2.05, 4.69) is 138 Å². The molecule has 1 nitrogen and oxygen atoms in total. The largest absolute Gasteiger partial charge is 0.376 e. The highest BCUT2D eigenvalue weighted by Gasteiger charge is 2.42. The van der Waals surface area contributed by atoms with Crippen molar-refractivity contribution in [2.24, 2.45) is 0 Å². The summed E-state index contributed by atoms with van der Waals surface area (Å²) in [4.78, 5) is 2.56. The van der Waals surface area contributed by atoms with E-state index in [4.69, 9.17) is 0 Å². The van der Waals surface area contributed by atoms with Gasteiger partial charge >= 0.3 is 6.85 Å². The number of rotatable bonds is 1. The summed E-state index contributed by atoms with van der Waals surface area (Å²) in [5.74, 6) is 0. The molecule has 1 aromatic heterocycles. The number of anilines is 2. The first kappa shape index (κ1) is 21.4. The molecule has 0 bridgehead atoms. The number of para-hydroxylation sites is 2. The minimum atomic E-state index is 0.117. The average molecular weight is 511 g/mol. The lowest BCUT2D eigenvalue weighted by molar-refractivity contribution is 1.35. The van der Waals surface area contributed by atoms with Gasteiger partial charge in [-0.3, -0.25) is 0 Å². The summed E-state index contributed by atoms with van der Waals surface area (Å²) in [5.41, 5.74) is 13.1. The van der Waals surface area contributed by atoms with Gasteiger partial charge in [-0.05, 0) is 63.5 Å². The monoisotopic (exact) mass is 511 g/mol. The lowest BCUT2D eigenvalue weighted by Gasteiger charge is -2.43. The van der Waals surface area contributed by atoms with E-state index in [9.17, 15) is 0 Å². The van der Waals surface area contributed by atoms with Crippen molar-refractivity contribution >= 4 is 60.7 Å². The molecule has 0 fully saturated rings. The Morgan fingerprint density at radius 3 is 2.00 bits per heavy atom. The van der Waals surface area contributed by atoms with E-state index in [0.717, 1.165) is 0 Å². The van der Waals surface area contributed by atoms with Crippen LogP contribution in [0.4, 0.5) is 11.4 Å². The van der Waals surface area contributed by atoms with E-state index in [-0.39, 0.29) is 6.85 Å². The van der Waals surface area contributed by atoms with Crippen LogP contribution in [-0.2, 0) is 0 Å². The van der Waals surface area contributed by atoms with Gasteiger partial charge in [-0.2, -0.15) is 0 Å². The Hall–Kier alpha value is -4.60. The van der Waals surface area contributed by atoms with Gasteiger partial charge in [0.05, 0.1) is 0 Å². The third kappa shape index (κ3) is 2.91.